The van der Waals surface area contributed by atoms with Gasteiger partial charge in [0.05, 0.1) is 11.7 Å². The Morgan fingerprint density at radius 3 is 2.81 bits per heavy atom. The molecular formula is C17H17BrN2S. The number of thioether (sulfide) groups is 1. The summed E-state index contributed by atoms with van der Waals surface area (Å²) in [4.78, 5) is 4.80. The minimum Gasteiger partial charge on any atom is -0.334 e. The standard InChI is InChI=1S/C17H17BrN2S/c1-12-6-5-9-15(16(12)18)20-17-19-14(11-21-17)10-13-7-3-2-4-8-13/h2-9,14H,10-11H2,1H3,(H,19,20). The number of hydrogen-bond donors (Lipinski definition) is 1. The van der Waals surface area contributed by atoms with Gasteiger partial charge in [0.15, 0.2) is 5.17 Å². The van der Waals surface area contributed by atoms with Crippen molar-refractivity contribution in [1.29, 1.82) is 0 Å². The van der Waals surface area contributed by atoms with E-state index in [1.807, 2.05) is 0 Å². The summed E-state index contributed by atoms with van der Waals surface area (Å²) in [6.07, 6.45) is 1.01. The van der Waals surface area contributed by atoms with Gasteiger partial charge in [0.1, 0.15) is 0 Å². The molecule has 1 atom stereocenters. The van der Waals surface area contributed by atoms with Crippen molar-refractivity contribution < 1.29 is 0 Å². The molecule has 1 N–H and O–H groups in total. The highest BCUT2D eigenvalue weighted by atomic mass is 79.9. The highest BCUT2D eigenvalue weighted by molar-refractivity contribution is 9.10. The van der Waals surface area contributed by atoms with E-state index in [0.717, 1.165) is 27.5 Å². The zero-order valence-corrected chi connectivity index (χ0v) is 14.2. The largest absolute Gasteiger partial charge is 0.334 e. The van der Waals surface area contributed by atoms with Crippen molar-refractivity contribution in [2.24, 2.45) is 4.99 Å². The van der Waals surface area contributed by atoms with Crippen LogP contribution in [0.1, 0.15) is 11.1 Å². The van der Waals surface area contributed by atoms with Gasteiger partial charge in [-0.25, -0.2) is 0 Å². The second kappa shape index (κ2) is 6.67. The Kier molecular flexibility index (Phi) is 4.66. The average Bonchev–Trinajstić information content (AvgIpc) is 2.92. The number of rotatable bonds is 3. The van der Waals surface area contributed by atoms with E-state index >= 15 is 0 Å². The fraction of sp³-hybridized carbons (Fsp3) is 0.235. The summed E-state index contributed by atoms with van der Waals surface area (Å²) in [7, 11) is 0. The van der Waals surface area contributed by atoms with Crippen LogP contribution in [0.4, 0.5) is 5.69 Å². The Morgan fingerprint density at radius 1 is 1.19 bits per heavy atom. The zero-order valence-electron chi connectivity index (χ0n) is 11.8. The van der Waals surface area contributed by atoms with Crippen LogP contribution in [0.3, 0.4) is 0 Å². The molecule has 0 fully saturated rings. The van der Waals surface area contributed by atoms with E-state index in [1.165, 1.54) is 11.1 Å². The minimum absolute atomic E-state index is 0.364. The first-order valence-electron chi connectivity index (χ1n) is 6.99. The molecule has 2 aromatic rings. The van der Waals surface area contributed by atoms with E-state index < -0.39 is 0 Å². The van der Waals surface area contributed by atoms with Gasteiger partial charge in [0.2, 0.25) is 0 Å². The highest BCUT2D eigenvalue weighted by Crippen LogP contribution is 2.29. The average molecular weight is 361 g/mol. The molecule has 2 nitrogen and oxygen atoms in total. The van der Waals surface area contributed by atoms with Crippen molar-refractivity contribution >= 4 is 38.5 Å². The number of nitrogens with zero attached hydrogens (tertiary/aromatic N) is 1. The summed E-state index contributed by atoms with van der Waals surface area (Å²) in [6, 6.07) is 17.2. The van der Waals surface area contributed by atoms with Crippen molar-refractivity contribution in [1.82, 2.24) is 0 Å². The van der Waals surface area contributed by atoms with Gasteiger partial charge in [0, 0.05) is 10.2 Å². The fourth-order valence-electron chi connectivity index (χ4n) is 2.33. The number of anilines is 1. The molecule has 0 spiro atoms. The van der Waals surface area contributed by atoms with Gasteiger partial charge in [-0.3, -0.25) is 4.99 Å². The Labute approximate surface area is 138 Å². The third-order valence-corrected chi connectivity index (χ3v) is 5.54. The van der Waals surface area contributed by atoms with Crippen LogP contribution in [0.25, 0.3) is 0 Å². The Balaban J connectivity index is 1.67. The van der Waals surface area contributed by atoms with Crippen LogP contribution in [0.15, 0.2) is 58.0 Å². The van der Waals surface area contributed by atoms with Crippen molar-refractivity contribution in [3.8, 4) is 0 Å². The molecule has 0 saturated carbocycles. The second-order valence-corrected chi connectivity index (χ2v) is 6.95. The normalized spacial score (nSPS) is 17.6. The lowest BCUT2D eigenvalue weighted by Crippen LogP contribution is -2.08. The summed E-state index contributed by atoms with van der Waals surface area (Å²) >= 11 is 5.43. The van der Waals surface area contributed by atoms with E-state index in [2.05, 4.69) is 76.7 Å². The second-order valence-electron chi connectivity index (χ2n) is 5.15. The molecular weight excluding hydrogens is 344 g/mol. The van der Waals surface area contributed by atoms with Crippen molar-refractivity contribution in [3.05, 3.63) is 64.1 Å². The molecule has 1 aliphatic heterocycles. The first-order valence-corrected chi connectivity index (χ1v) is 8.77. The number of amidine groups is 1. The van der Waals surface area contributed by atoms with Crippen LogP contribution in [0, 0.1) is 6.92 Å². The van der Waals surface area contributed by atoms with Crippen molar-refractivity contribution in [3.63, 3.8) is 0 Å². The van der Waals surface area contributed by atoms with Crippen LogP contribution >= 0.6 is 27.7 Å². The van der Waals surface area contributed by atoms with Gasteiger partial charge in [-0.05, 0) is 46.5 Å². The zero-order chi connectivity index (χ0) is 14.7. The van der Waals surface area contributed by atoms with Gasteiger partial charge >= 0.3 is 0 Å². The lowest BCUT2D eigenvalue weighted by molar-refractivity contribution is 0.762. The molecule has 0 bridgehead atoms. The Morgan fingerprint density at radius 2 is 2.00 bits per heavy atom. The van der Waals surface area contributed by atoms with Crippen molar-refractivity contribution in [2.45, 2.75) is 19.4 Å². The maximum atomic E-state index is 4.80. The van der Waals surface area contributed by atoms with Crippen LogP contribution in [0.2, 0.25) is 0 Å². The third kappa shape index (κ3) is 3.69. The smallest absolute Gasteiger partial charge is 0.161 e. The third-order valence-electron chi connectivity index (χ3n) is 3.46. The van der Waals surface area contributed by atoms with Gasteiger partial charge in [0.25, 0.3) is 0 Å². The van der Waals surface area contributed by atoms with E-state index in [9.17, 15) is 0 Å². The predicted molar refractivity (Wildman–Crippen MR) is 96.3 cm³/mol. The van der Waals surface area contributed by atoms with Crippen LogP contribution in [0.5, 0.6) is 0 Å². The maximum Gasteiger partial charge on any atom is 0.161 e. The van der Waals surface area contributed by atoms with Gasteiger partial charge in [-0.2, -0.15) is 0 Å². The Bertz CT molecular complexity index is 655. The number of halogens is 1. The topological polar surface area (TPSA) is 24.4 Å². The molecule has 2 aromatic carbocycles. The number of aryl methyl sites for hydroxylation is 1. The lowest BCUT2D eigenvalue weighted by atomic mass is 10.1. The van der Waals surface area contributed by atoms with E-state index in [0.29, 0.717) is 6.04 Å². The number of hydrogen-bond acceptors (Lipinski definition) is 3. The minimum atomic E-state index is 0.364. The number of aliphatic imine (C=N–C) groups is 1. The molecule has 0 aliphatic carbocycles. The van der Waals surface area contributed by atoms with Gasteiger partial charge in [-0.1, -0.05) is 54.2 Å². The number of nitrogens with one attached hydrogen (secondary N) is 1. The predicted octanol–water partition coefficient (Wildman–Crippen LogP) is 4.88. The van der Waals surface area contributed by atoms with E-state index in [-0.39, 0.29) is 0 Å². The molecule has 3 rings (SSSR count). The lowest BCUT2D eigenvalue weighted by Gasteiger charge is -2.09. The monoisotopic (exact) mass is 360 g/mol. The SMILES string of the molecule is Cc1cccc(NC2=NC(Cc3ccccc3)CS2)c1Br. The number of benzene rings is 2. The molecule has 21 heavy (non-hydrogen) atoms. The summed E-state index contributed by atoms with van der Waals surface area (Å²) in [5.74, 6) is 1.04. The molecule has 0 amide bonds. The summed E-state index contributed by atoms with van der Waals surface area (Å²) in [6.45, 7) is 2.09. The molecule has 1 unspecified atom stereocenters. The van der Waals surface area contributed by atoms with Gasteiger partial charge in [-0.15, -0.1) is 0 Å². The molecule has 1 heterocycles. The van der Waals surface area contributed by atoms with Crippen LogP contribution < -0.4 is 5.32 Å². The molecule has 4 heteroatoms. The van der Waals surface area contributed by atoms with Crippen LogP contribution in [-0.4, -0.2) is 17.0 Å². The fourth-order valence-corrected chi connectivity index (χ4v) is 3.65. The van der Waals surface area contributed by atoms with E-state index in [1.54, 1.807) is 11.8 Å². The van der Waals surface area contributed by atoms with Crippen LogP contribution in [-0.2, 0) is 6.42 Å². The Hall–Kier alpha value is -1.26. The first kappa shape index (κ1) is 14.7. The summed E-state index contributed by atoms with van der Waals surface area (Å²) < 4.78 is 1.11. The molecule has 1 aliphatic rings. The highest BCUT2D eigenvalue weighted by Gasteiger charge is 2.19. The van der Waals surface area contributed by atoms with E-state index in [4.69, 9.17) is 4.99 Å². The molecule has 108 valence electrons. The summed E-state index contributed by atoms with van der Waals surface area (Å²) in [5.41, 5.74) is 3.66. The first-order chi connectivity index (χ1) is 10.2. The maximum absolute atomic E-state index is 4.80. The quantitative estimate of drug-likeness (QED) is 0.842. The van der Waals surface area contributed by atoms with Gasteiger partial charge < -0.3 is 5.32 Å². The summed E-state index contributed by atoms with van der Waals surface area (Å²) in [5, 5.41) is 4.45. The molecule has 0 radical (unpaired) electrons. The van der Waals surface area contributed by atoms with Crippen molar-refractivity contribution in [2.75, 3.05) is 11.1 Å². The molecule has 0 aromatic heterocycles. The molecule has 0 saturated heterocycles.